The van der Waals surface area contributed by atoms with E-state index in [2.05, 4.69) is 17.2 Å². The van der Waals surface area contributed by atoms with Crippen molar-refractivity contribution < 1.29 is 9.90 Å². The van der Waals surface area contributed by atoms with E-state index in [0.29, 0.717) is 17.3 Å². The van der Waals surface area contributed by atoms with Gasteiger partial charge < -0.3 is 10.4 Å². The summed E-state index contributed by atoms with van der Waals surface area (Å²) in [6, 6.07) is 1.80. The molecule has 4 heteroatoms. The number of hydrogen-bond donors (Lipinski definition) is 2. The Morgan fingerprint density at radius 2 is 2.24 bits per heavy atom. The Morgan fingerprint density at radius 3 is 2.76 bits per heavy atom. The van der Waals surface area contributed by atoms with Crippen LogP contribution in [0.4, 0.5) is 5.82 Å². The molecule has 0 aliphatic heterocycles. The molecule has 2 unspecified atom stereocenters. The lowest BCUT2D eigenvalue weighted by molar-refractivity contribution is 0.0697. The molecule has 1 saturated carbocycles. The van der Waals surface area contributed by atoms with E-state index in [9.17, 15) is 9.90 Å². The number of carbonyl (C=O) groups is 1. The molecule has 0 radical (unpaired) electrons. The summed E-state index contributed by atoms with van der Waals surface area (Å²) in [6.07, 6.45) is 1.22. The minimum atomic E-state index is -0.915. The van der Waals surface area contributed by atoms with Crippen LogP contribution in [-0.4, -0.2) is 22.6 Å². The maximum absolute atomic E-state index is 11.2. The number of carboxylic acids is 1. The van der Waals surface area contributed by atoms with Gasteiger partial charge in [-0.3, -0.25) is 0 Å². The van der Waals surface area contributed by atoms with Gasteiger partial charge >= 0.3 is 5.97 Å². The number of aromatic carboxylic acids is 1. The molecule has 1 aromatic rings. The highest BCUT2D eigenvalue weighted by Crippen LogP contribution is 2.37. The number of aryl methyl sites for hydroxylation is 2. The molecule has 0 saturated heterocycles. The van der Waals surface area contributed by atoms with Crippen molar-refractivity contribution in [2.24, 2.45) is 11.8 Å². The van der Waals surface area contributed by atoms with Crippen LogP contribution in [0.2, 0.25) is 0 Å². The number of rotatable bonds is 4. The molecule has 17 heavy (non-hydrogen) atoms. The van der Waals surface area contributed by atoms with Crippen molar-refractivity contribution in [1.29, 1.82) is 0 Å². The third kappa shape index (κ3) is 2.57. The Labute approximate surface area is 101 Å². The topological polar surface area (TPSA) is 62.2 Å². The second-order valence-electron chi connectivity index (χ2n) is 4.96. The first-order valence-electron chi connectivity index (χ1n) is 5.94. The van der Waals surface area contributed by atoms with E-state index >= 15 is 0 Å². The molecule has 0 spiro atoms. The SMILES string of the molecule is Cc1cc(C)c(C(=O)O)c(NCC2CC2C)n1. The third-order valence-corrected chi connectivity index (χ3v) is 3.37. The summed E-state index contributed by atoms with van der Waals surface area (Å²) < 4.78 is 0. The van der Waals surface area contributed by atoms with Crippen LogP contribution < -0.4 is 5.32 Å². The molecule has 1 aliphatic carbocycles. The van der Waals surface area contributed by atoms with Crippen molar-refractivity contribution in [3.63, 3.8) is 0 Å². The third-order valence-electron chi connectivity index (χ3n) is 3.37. The van der Waals surface area contributed by atoms with Crippen LogP contribution in [-0.2, 0) is 0 Å². The second-order valence-corrected chi connectivity index (χ2v) is 4.96. The van der Waals surface area contributed by atoms with Gasteiger partial charge in [0.15, 0.2) is 0 Å². The summed E-state index contributed by atoms with van der Waals surface area (Å²) in [5, 5.41) is 12.4. The minimum Gasteiger partial charge on any atom is -0.478 e. The minimum absolute atomic E-state index is 0.295. The quantitative estimate of drug-likeness (QED) is 0.840. The molecular formula is C13H18N2O2. The van der Waals surface area contributed by atoms with Crippen LogP contribution >= 0.6 is 0 Å². The lowest BCUT2D eigenvalue weighted by Crippen LogP contribution is -2.13. The van der Waals surface area contributed by atoms with Crippen LogP contribution in [0.1, 0.15) is 35.0 Å². The van der Waals surface area contributed by atoms with E-state index < -0.39 is 5.97 Å². The number of nitrogens with zero attached hydrogens (tertiary/aromatic N) is 1. The van der Waals surface area contributed by atoms with Crippen molar-refractivity contribution in [3.8, 4) is 0 Å². The molecule has 2 atom stereocenters. The first-order valence-corrected chi connectivity index (χ1v) is 5.94. The second kappa shape index (κ2) is 4.35. The number of nitrogens with one attached hydrogen (secondary N) is 1. The van der Waals surface area contributed by atoms with Gasteiger partial charge in [0.25, 0.3) is 0 Å². The molecule has 0 bridgehead atoms. The summed E-state index contributed by atoms with van der Waals surface area (Å²) in [5.41, 5.74) is 1.90. The summed E-state index contributed by atoms with van der Waals surface area (Å²) in [4.78, 5) is 15.5. The molecule has 0 amide bonds. The van der Waals surface area contributed by atoms with Crippen molar-refractivity contribution in [3.05, 3.63) is 22.9 Å². The van der Waals surface area contributed by atoms with E-state index in [1.165, 1.54) is 6.42 Å². The molecular weight excluding hydrogens is 216 g/mol. The number of hydrogen-bond acceptors (Lipinski definition) is 3. The molecule has 1 fully saturated rings. The average molecular weight is 234 g/mol. The molecule has 1 aromatic heterocycles. The van der Waals surface area contributed by atoms with Crippen LogP contribution in [0.5, 0.6) is 0 Å². The Balaban J connectivity index is 2.21. The zero-order chi connectivity index (χ0) is 12.6. The summed E-state index contributed by atoms with van der Waals surface area (Å²) >= 11 is 0. The number of pyridine rings is 1. The molecule has 2 N–H and O–H groups in total. The molecule has 4 nitrogen and oxygen atoms in total. The maximum atomic E-state index is 11.2. The van der Waals surface area contributed by atoms with Crippen molar-refractivity contribution in [2.75, 3.05) is 11.9 Å². The smallest absolute Gasteiger partial charge is 0.339 e. The molecule has 2 rings (SSSR count). The van der Waals surface area contributed by atoms with Gasteiger partial charge in [-0.1, -0.05) is 6.92 Å². The zero-order valence-electron chi connectivity index (χ0n) is 10.4. The van der Waals surface area contributed by atoms with Crippen molar-refractivity contribution >= 4 is 11.8 Å². The fourth-order valence-electron chi connectivity index (χ4n) is 2.15. The van der Waals surface area contributed by atoms with Crippen LogP contribution in [0.3, 0.4) is 0 Å². The Kier molecular flexibility index (Phi) is 3.05. The van der Waals surface area contributed by atoms with Crippen molar-refractivity contribution in [1.82, 2.24) is 4.98 Å². The zero-order valence-corrected chi connectivity index (χ0v) is 10.4. The predicted molar refractivity (Wildman–Crippen MR) is 66.4 cm³/mol. The highest BCUT2D eigenvalue weighted by atomic mass is 16.4. The van der Waals surface area contributed by atoms with E-state index in [0.717, 1.165) is 23.7 Å². The van der Waals surface area contributed by atoms with Gasteiger partial charge in [-0.2, -0.15) is 0 Å². The maximum Gasteiger partial charge on any atom is 0.339 e. The fraction of sp³-hybridized carbons (Fsp3) is 0.538. The van der Waals surface area contributed by atoms with Gasteiger partial charge in [0.2, 0.25) is 0 Å². The molecule has 1 heterocycles. The Hall–Kier alpha value is -1.58. The van der Waals surface area contributed by atoms with Gasteiger partial charge in [-0.15, -0.1) is 0 Å². The number of carboxylic acid groups (broad SMARTS) is 1. The lowest BCUT2D eigenvalue weighted by atomic mass is 10.1. The fourth-order valence-corrected chi connectivity index (χ4v) is 2.15. The predicted octanol–water partition coefficient (Wildman–Crippen LogP) is 2.46. The van der Waals surface area contributed by atoms with Crippen LogP contribution in [0, 0.1) is 25.7 Å². The highest BCUT2D eigenvalue weighted by molar-refractivity contribution is 5.94. The highest BCUT2D eigenvalue weighted by Gasteiger charge is 2.32. The van der Waals surface area contributed by atoms with Crippen LogP contribution in [0.25, 0.3) is 0 Å². The average Bonchev–Trinajstić information content (AvgIpc) is 2.89. The van der Waals surface area contributed by atoms with Crippen molar-refractivity contribution in [2.45, 2.75) is 27.2 Å². The lowest BCUT2D eigenvalue weighted by Gasteiger charge is -2.11. The van der Waals surface area contributed by atoms with E-state index in [4.69, 9.17) is 0 Å². The van der Waals surface area contributed by atoms with E-state index in [1.807, 2.05) is 13.8 Å². The van der Waals surface area contributed by atoms with E-state index in [1.54, 1.807) is 6.07 Å². The standard InChI is InChI=1S/C13H18N2O2/c1-7-5-10(7)6-14-12-11(13(16)17)8(2)4-9(3)15-12/h4,7,10H,5-6H2,1-3H3,(H,14,15)(H,16,17). The van der Waals surface area contributed by atoms with Gasteiger partial charge in [-0.25, -0.2) is 9.78 Å². The first kappa shape index (κ1) is 11.9. The Morgan fingerprint density at radius 1 is 1.59 bits per heavy atom. The summed E-state index contributed by atoms with van der Waals surface area (Å²) in [7, 11) is 0. The molecule has 92 valence electrons. The first-order chi connectivity index (χ1) is 7.99. The molecule has 1 aliphatic rings. The number of anilines is 1. The Bertz CT molecular complexity index is 457. The summed E-state index contributed by atoms with van der Waals surface area (Å²) in [5.74, 6) is 1.01. The summed E-state index contributed by atoms with van der Waals surface area (Å²) in [6.45, 7) is 6.71. The van der Waals surface area contributed by atoms with Gasteiger partial charge in [0, 0.05) is 12.2 Å². The number of aromatic nitrogens is 1. The van der Waals surface area contributed by atoms with Gasteiger partial charge in [0.05, 0.1) is 0 Å². The molecule has 0 aromatic carbocycles. The van der Waals surface area contributed by atoms with Crippen LogP contribution in [0.15, 0.2) is 6.07 Å². The largest absolute Gasteiger partial charge is 0.478 e. The van der Waals surface area contributed by atoms with Gasteiger partial charge in [0.1, 0.15) is 11.4 Å². The van der Waals surface area contributed by atoms with Gasteiger partial charge in [-0.05, 0) is 43.7 Å². The normalized spacial score (nSPS) is 22.3. The monoisotopic (exact) mass is 234 g/mol. The van der Waals surface area contributed by atoms with E-state index in [-0.39, 0.29) is 0 Å².